The highest BCUT2D eigenvalue weighted by atomic mass is 79.9. The average molecular weight is 354 g/mol. The largest absolute Gasteiger partial charge is 0.208 e. The Balaban J connectivity index is 1.74. The molecule has 0 N–H and O–H groups in total. The second kappa shape index (κ2) is 6.84. The Hall–Kier alpha value is -2.00. The van der Waals surface area contributed by atoms with E-state index >= 15 is 0 Å². The van der Waals surface area contributed by atoms with Crippen molar-refractivity contribution in [2.24, 2.45) is 7.05 Å². The van der Waals surface area contributed by atoms with Gasteiger partial charge in [-0.25, -0.2) is 0 Å². The highest BCUT2D eigenvalue weighted by molar-refractivity contribution is 9.10. The number of benzene rings is 2. The van der Waals surface area contributed by atoms with E-state index in [-0.39, 0.29) is 0 Å². The number of nitrogens with zero attached hydrogens (tertiary/aromatic N) is 2. The van der Waals surface area contributed by atoms with Gasteiger partial charge in [0.15, 0.2) is 7.05 Å². The molecule has 3 aromatic rings. The Kier molecular flexibility index (Phi) is 4.64. The molecular formula is C19H18BrN2+. The van der Waals surface area contributed by atoms with Crippen LogP contribution in [0.4, 0.5) is 0 Å². The van der Waals surface area contributed by atoms with Gasteiger partial charge >= 0.3 is 0 Å². The third-order valence-electron chi connectivity index (χ3n) is 3.76. The SMILES string of the molecule is C[n+]1nc(-c2ccccc2)ccc1CCc1ccc(Br)cc1. The van der Waals surface area contributed by atoms with Gasteiger partial charge in [0, 0.05) is 27.6 Å². The summed E-state index contributed by atoms with van der Waals surface area (Å²) in [5.41, 5.74) is 4.74. The maximum absolute atomic E-state index is 4.68. The second-order valence-electron chi connectivity index (χ2n) is 5.33. The van der Waals surface area contributed by atoms with Crippen LogP contribution in [0.1, 0.15) is 11.3 Å². The lowest BCUT2D eigenvalue weighted by molar-refractivity contribution is -0.736. The molecule has 3 rings (SSSR count). The summed E-state index contributed by atoms with van der Waals surface area (Å²) in [6.07, 6.45) is 2.01. The molecule has 0 aliphatic heterocycles. The van der Waals surface area contributed by atoms with E-state index in [1.807, 2.05) is 29.9 Å². The van der Waals surface area contributed by atoms with Crippen LogP contribution in [0.15, 0.2) is 71.2 Å². The summed E-state index contributed by atoms with van der Waals surface area (Å²) in [7, 11) is 2.02. The van der Waals surface area contributed by atoms with Gasteiger partial charge in [-0.2, -0.15) is 0 Å². The van der Waals surface area contributed by atoms with E-state index in [0.717, 1.165) is 28.6 Å². The van der Waals surface area contributed by atoms with Crippen LogP contribution in [-0.4, -0.2) is 5.10 Å². The van der Waals surface area contributed by atoms with Gasteiger partial charge in [-0.3, -0.25) is 0 Å². The van der Waals surface area contributed by atoms with Gasteiger partial charge in [-0.15, -0.1) is 0 Å². The summed E-state index contributed by atoms with van der Waals surface area (Å²) in [6, 6.07) is 23.1. The van der Waals surface area contributed by atoms with Crippen LogP contribution in [0.2, 0.25) is 0 Å². The van der Waals surface area contributed by atoms with Gasteiger partial charge in [0.1, 0.15) is 5.69 Å². The highest BCUT2D eigenvalue weighted by Crippen LogP contribution is 2.15. The topological polar surface area (TPSA) is 16.8 Å². The summed E-state index contributed by atoms with van der Waals surface area (Å²) in [4.78, 5) is 0. The number of hydrogen-bond donors (Lipinski definition) is 0. The van der Waals surface area contributed by atoms with E-state index in [1.165, 1.54) is 11.3 Å². The minimum atomic E-state index is 0.986. The maximum Gasteiger partial charge on any atom is 0.208 e. The van der Waals surface area contributed by atoms with Crippen molar-refractivity contribution < 1.29 is 4.68 Å². The molecule has 0 unspecified atom stereocenters. The van der Waals surface area contributed by atoms with Crippen LogP contribution in [0.5, 0.6) is 0 Å². The third kappa shape index (κ3) is 3.60. The Bertz CT molecular complexity index is 752. The lowest BCUT2D eigenvalue weighted by Crippen LogP contribution is -2.38. The summed E-state index contributed by atoms with van der Waals surface area (Å²) < 4.78 is 3.11. The Morgan fingerprint density at radius 1 is 0.864 bits per heavy atom. The minimum Gasteiger partial charge on any atom is -0.0906 e. The molecule has 2 nitrogen and oxygen atoms in total. The van der Waals surface area contributed by atoms with Gasteiger partial charge in [-0.1, -0.05) is 63.1 Å². The Labute approximate surface area is 139 Å². The smallest absolute Gasteiger partial charge is 0.0906 e. The summed E-state index contributed by atoms with van der Waals surface area (Å²) in [5, 5.41) is 4.68. The van der Waals surface area contributed by atoms with Crippen molar-refractivity contribution >= 4 is 15.9 Å². The highest BCUT2D eigenvalue weighted by Gasteiger charge is 2.11. The first-order valence-corrected chi connectivity index (χ1v) is 8.18. The Morgan fingerprint density at radius 2 is 1.59 bits per heavy atom. The first-order valence-electron chi connectivity index (χ1n) is 7.38. The standard InChI is InChI=1S/C19H18BrN2/c1-22-18(12-9-15-7-10-17(20)11-8-15)13-14-19(21-22)16-5-3-2-4-6-16/h2-8,10-11,13-14H,9,12H2,1H3/q+1. The Morgan fingerprint density at radius 3 is 2.27 bits per heavy atom. The van der Waals surface area contributed by atoms with Gasteiger partial charge in [-0.05, 0) is 30.2 Å². The van der Waals surface area contributed by atoms with Crippen LogP contribution in [0, 0.1) is 0 Å². The first kappa shape index (κ1) is 14.9. The molecule has 0 aliphatic rings. The molecule has 0 amide bonds. The van der Waals surface area contributed by atoms with Crippen molar-refractivity contribution in [2.45, 2.75) is 12.8 Å². The van der Waals surface area contributed by atoms with Gasteiger partial charge < -0.3 is 0 Å². The zero-order valence-electron chi connectivity index (χ0n) is 12.5. The fourth-order valence-electron chi connectivity index (χ4n) is 2.47. The third-order valence-corrected chi connectivity index (χ3v) is 4.29. The molecule has 0 saturated heterocycles. The second-order valence-corrected chi connectivity index (χ2v) is 6.24. The molecule has 0 spiro atoms. The summed E-state index contributed by atoms with van der Waals surface area (Å²) in [5.74, 6) is 0. The zero-order valence-corrected chi connectivity index (χ0v) is 14.1. The van der Waals surface area contributed by atoms with Crippen molar-refractivity contribution in [2.75, 3.05) is 0 Å². The molecule has 0 radical (unpaired) electrons. The fraction of sp³-hybridized carbons (Fsp3) is 0.158. The number of hydrogen-bond acceptors (Lipinski definition) is 1. The van der Waals surface area contributed by atoms with E-state index in [0.29, 0.717) is 0 Å². The van der Waals surface area contributed by atoms with E-state index < -0.39 is 0 Å². The lowest BCUT2D eigenvalue weighted by atomic mass is 10.1. The van der Waals surface area contributed by atoms with E-state index in [9.17, 15) is 0 Å². The van der Waals surface area contributed by atoms with E-state index in [4.69, 9.17) is 0 Å². The van der Waals surface area contributed by atoms with Crippen molar-refractivity contribution in [3.05, 3.63) is 82.5 Å². The summed E-state index contributed by atoms with van der Waals surface area (Å²) in [6.45, 7) is 0. The molecule has 3 heteroatoms. The number of aromatic nitrogens is 2. The maximum atomic E-state index is 4.68. The molecule has 0 atom stereocenters. The molecule has 22 heavy (non-hydrogen) atoms. The summed E-state index contributed by atoms with van der Waals surface area (Å²) >= 11 is 3.47. The number of aryl methyl sites for hydroxylation is 3. The van der Waals surface area contributed by atoms with Crippen molar-refractivity contribution in [1.82, 2.24) is 5.10 Å². The van der Waals surface area contributed by atoms with Gasteiger partial charge in [0.05, 0.1) is 0 Å². The molecule has 110 valence electrons. The quantitative estimate of drug-likeness (QED) is 0.644. The zero-order chi connectivity index (χ0) is 15.4. The number of halogens is 1. The predicted molar refractivity (Wildman–Crippen MR) is 92.4 cm³/mol. The van der Waals surface area contributed by atoms with Crippen LogP contribution in [-0.2, 0) is 19.9 Å². The van der Waals surface area contributed by atoms with Crippen molar-refractivity contribution in [1.29, 1.82) is 0 Å². The van der Waals surface area contributed by atoms with Crippen LogP contribution < -0.4 is 4.68 Å². The molecule has 0 saturated carbocycles. The fourth-order valence-corrected chi connectivity index (χ4v) is 2.74. The van der Waals surface area contributed by atoms with Crippen LogP contribution in [0.25, 0.3) is 11.3 Å². The predicted octanol–water partition coefficient (Wildman–Crippen LogP) is 4.12. The van der Waals surface area contributed by atoms with Gasteiger partial charge in [0.2, 0.25) is 5.69 Å². The van der Waals surface area contributed by atoms with Gasteiger partial charge in [0.25, 0.3) is 0 Å². The monoisotopic (exact) mass is 353 g/mol. The molecule has 1 aromatic heterocycles. The normalized spacial score (nSPS) is 10.6. The van der Waals surface area contributed by atoms with E-state index in [2.05, 4.69) is 69.6 Å². The molecule has 0 fully saturated rings. The molecule has 0 aliphatic carbocycles. The van der Waals surface area contributed by atoms with Crippen molar-refractivity contribution in [3.63, 3.8) is 0 Å². The molecule has 2 aromatic carbocycles. The molecule has 0 bridgehead atoms. The molecule has 1 heterocycles. The average Bonchev–Trinajstić information content (AvgIpc) is 2.56. The first-order chi connectivity index (χ1) is 10.7. The minimum absolute atomic E-state index is 0.986. The lowest BCUT2D eigenvalue weighted by Gasteiger charge is -2.03. The van der Waals surface area contributed by atoms with E-state index in [1.54, 1.807) is 0 Å². The van der Waals surface area contributed by atoms with Crippen LogP contribution >= 0.6 is 15.9 Å². The number of rotatable bonds is 4. The molecular weight excluding hydrogens is 336 g/mol. The van der Waals surface area contributed by atoms with Crippen molar-refractivity contribution in [3.8, 4) is 11.3 Å². The van der Waals surface area contributed by atoms with Crippen LogP contribution in [0.3, 0.4) is 0 Å².